The van der Waals surface area contributed by atoms with E-state index in [-0.39, 0.29) is 48.3 Å². The number of ether oxygens (including phenoxy) is 1. The molecule has 192 valence electrons. The highest BCUT2D eigenvalue weighted by molar-refractivity contribution is 5.94. The van der Waals surface area contributed by atoms with Crippen molar-refractivity contribution in [3.8, 4) is 5.75 Å². The topological polar surface area (TPSA) is 101 Å². The van der Waals surface area contributed by atoms with Crippen LogP contribution in [0.15, 0.2) is 29.2 Å². The van der Waals surface area contributed by atoms with Crippen LogP contribution in [0.1, 0.15) is 60.1 Å². The first kappa shape index (κ1) is 24.4. The van der Waals surface area contributed by atoms with Crippen LogP contribution in [0, 0.1) is 17.6 Å². The molecule has 0 radical (unpaired) electrons. The van der Waals surface area contributed by atoms with Crippen molar-refractivity contribution in [2.24, 2.45) is 5.92 Å². The van der Waals surface area contributed by atoms with E-state index in [4.69, 9.17) is 4.74 Å². The van der Waals surface area contributed by atoms with Crippen molar-refractivity contribution in [3.05, 3.63) is 63.1 Å². The molecule has 3 heterocycles. The van der Waals surface area contributed by atoms with Crippen molar-refractivity contribution in [2.45, 2.75) is 70.3 Å². The van der Waals surface area contributed by atoms with Gasteiger partial charge in [0.15, 0.2) is 12.0 Å². The zero-order valence-electron chi connectivity index (χ0n) is 19.8. The highest BCUT2D eigenvalue weighted by Gasteiger charge is 2.42. The van der Waals surface area contributed by atoms with E-state index in [0.717, 1.165) is 25.3 Å². The Balaban J connectivity index is 1.35. The summed E-state index contributed by atoms with van der Waals surface area (Å²) in [7, 11) is 0. The molecule has 3 aliphatic rings. The fraction of sp³-hybridized carbons (Fsp3) is 0.500. The van der Waals surface area contributed by atoms with Gasteiger partial charge in [-0.05, 0) is 18.4 Å². The predicted octanol–water partition coefficient (Wildman–Crippen LogP) is 2.84. The van der Waals surface area contributed by atoms with Crippen LogP contribution in [-0.4, -0.2) is 45.3 Å². The Morgan fingerprint density at radius 3 is 2.69 bits per heavy atom. The Kier molecular flexibility index (Phi) is 6.79. The smallest absolute Gasteiger partial charge is 0.257 e. The fourth-order valence-electron chi connectivity index (χ4n) is 5.65. The van der Waals surface area contributed by atoms with Crippen molar-refractivity contribution in [1.29, 1.82) is 0 Å². The largest absolute Gasteiger partial charge is 0.503 e. The quantitative estimate of drug-likeness (QED) is 0.656. The average Bonchev–Trinajstić information content (AvgIpc) is 3.18. The number of hydrogen-bond acceptors (Lipinski definition) is 5. The second-order valence-corrected chi connectivity index (χ2v) is 9.90. The minimum atomic E-state index is -0.909. The predicted molar refractivity (Wildman–Crippen MR) is 125 cm³/mol. The molecule has 10 heteroatoms. The normalized spacial score (nSPS) is 22.2. The maximum atomic E-state index is 13.9. The summed E-state index contributed by atoms with van der Waals surface area (Å²) < 4.78 is 34.5. The number of hydrogen-bond donors (Lipinski definition) is 2. The lowest BCUT2D eigenvalue weighted by Crippen LogP contribution is -2.43. The molecular weight excluding hydrogens is 472 g/mol. The summed E-state index contributed by atoms with van der Waals surface area (Å²) in [5, 5.41) is 13.1. The van der Waals surface area contributed by atoms with E-state index in [0.29, 0.717) is 18.6 Å². The molecule has 8 nitrogen and oxygen atoms in total. The van der Waals surface area contributed by atoms with Crippen molar-refractivity contribution in [1.82, 2.24) is 14.8 Å². The molecule has 2 aromatic rings. The number of aromatic hydroxyl groups is 1. The molecule has 2 fully saturated rings. The molecule has 1 aromatic heterocycles. The Labute approximate surface area is 206 Å². The van der Waals surface area contributed by atoms with Crippen LogP contribution in [0.2, 0.25) is 0 Å². The van der Waals surface area contributed by atoms with Gasteiger partial charge in [0, 0.05) is 24.4 Å². The van der Waals surface area contributed by atoms with Crippen molar-refractivity contribution in [3.63, 3.8) is 0 Å². The van der Waals surface area contributed by atoms with E-state index in [9.17, 15) is 28.3 Å². The SMILES string of the molecule is O=C(NCc1ccc(F)cc1F)c1cn2c(c(O)c1=O)CC(=O)N1C(CC3CCCCC3)COC1C2. The molecule has 2 unspecified atom stereocenters. The minimum Gasteiger partial charge on any atom is -0.503 e. The number of nitrogens with zero attached hydrogens (tertiary/aromatic N) is 2. The highest BCUT2D eigenvalue weighted by Crippen LogP contribution is 2.34. The van der Waals surface area contributed by atoms with Crippen molar-refractivity contribution >= 4 is 11.8 Å². The summed E-state index contributed by atoms with van der Waals surface area (Å²) in [5.74, 6) is -2.70. The van der Waals surface area contributed by atoms with E-state index in [1.807, 2.05) is 0 Å². The average molecular weight is 502 g/mol. The lowest BCUT2D eigenvalue weighted by Gasteiger charge is -2.30. The molecule has 1 aromatic carbocycles. The first-order chi connectivity index (χ1) is 17.3. The van der Waals surface area contributed by atoms with E-state index in [1.165, 1.54) is 36.1 Å². The number of carbonyl (C=O) groups is 2. The van der Waals surface area contributed by atoms with Crippen LogP contribution >= 0.6 is 0 Å². The molecule has 5 rings (SSSR count). The van der Waals surface area contributed by atoms with Gasteiger partial charge in [0.05, 0.1) is 31.3 Å². The van der Waals surface area contributed by atoms with Gasteiger partial charge in [-0.3, -0.25) is 14.4 Å². The number of fused-ring (bicyclic) bond motifs is 2. The van der Waals surface area contributed by atoms with Crippen LogP contribution in [0.5, 0.6) is 5.75 Å². The van der Waals surface area contributed by atoms with Gasteiger partial charge in [0.1, 0.15) is 17.2 Å². The monoisotopic (exact) mass is 501 g/mol. The van der Waals surface area contributed by atoms with Crippen LogP contribution < -0.4 is 10.7 Å². The van der Waals surface area contributed by atoms with Gasteiger partial charge in [-0.2, -0.15) is 0 Å². The molecular formula is C26H29F2N3O5. The Morgan fingerprint density at radius 1 is 1.17 bits per heavy atom. The Bertz CT molecular complexity index is 1240. The lowest BCUT2D eigenvalue weighted by molar-refractivity contribution is -0.137. The van der Waals surface area contributed by atoms with Gasteiger partial charge in [-0.25, -0.2) is 8.78 Å². The standard InChI is InChI=1S/C26H29F2N3O5/c27-17-7-6-16(20(28)9-17)11-29-26(35)19-12-30-13-23-31(22(32)10-21(30)25(34)24(19)33)18(14-36-23)8-15-4-2-1-3-5-15/h6-7,9,12,15,18,23,34H,1-5,8,10-11,13-14H2,(H,29,35). The molecule has 36 heavy (non-hydrogen) atoms. The second kappa shape index (κ2) is 10.0. The molecule has 1 saturated heterocycles. The van der Waals surface area contributed by atoms with Crippen LogP contribution in [-0.2, 0) is 29.0 Å². The number of benzene rings is 1. The van der Waals surface area contributed by atoms with Crippen LogP contribution in [0.3, 0.4) is 0 Å². The number of halogens is 2. The summed E-state index contributed by atoms with van der Waals surface area (Å²) in [6.45, 7) is 0.335. The third-order valence-corrected chi connectivity index (χ3v) is 7.54. The van der Waals surface area contributed by atoms with Crippen LogP contribution in [0.25, 0.3) is 0 Å². The first-order valence-corrected chi connectivity index (χ1v) is 12.4. The lowest BCUT2D eigenvalue weighted by atomic mass is 9.84. The molecule has 2 aliphatic heterocycles. The maximum Gasteiger partial charge on any atom is 0.257 e. The van der Waals surface area contributed by atoms with Gasteiger partial charge in [-0.15, -0.1) is 0 Å². The highest BCUT2D eigenvalue weighted by atomic mass is 19.1. The number of carbonyl (C=O) groups excluding carboxylic acids is 2. The minimum absolute atomic E-state index is 0.0495. The Hall–Kier alpha value is -3.27. The number of amides is 2. The molecule has 1 saturated carbocycles. The Morgan fingerprint density at radius 2 is 1.94 bits per heavy atom. The molecule has 0 spiro atoms. The number of rotatable bonds is 5. The van der Waals surface area contributed by atoms with E-state index < -0.39 is 34.9 Å². The zero-order chi connectivity index (χ0) is 25.4. The van der Waals surface area contributed by atoms with E-state index >= 15 is 0 Å². The number of nitrogens with one attached hydrogen (secondary N) is 1. The zero-order valence-corrected chi connectivity index (χ0v) is 19.8. The summed E-state index contributed by atoms with van der Waals surface area (Å²) in [6, 6.07) is 2.92. The van der Waals surface area contributed by atoms with Crippen molar-refractivity contribution in [2.75, 3.05) is 6.61 Å². The van der Waals surface area contributed by atoms with Crippen molar-refractivity contribution < 1.29 is 28.2 Å². The van der Waals surface area contributed by atoms with Gasteiger partial charge >= 0.3 is 0 Å². The molecule has 1 aliphatic carbocycles. The molecule has 2 amide bonds. The number of pyridine rings is 1. The van der Waals surface area contributed by atoms with E-state index in [1.54, 1.807) is 4.90 Å². The third-order valence-electron chi connectivity index (χ3n) is 7.54. The third kappa shape index (κ3) is 4.74. The summed E-state index contributed by atoms with van der Waals surface area (Å²) in [5.41, 5.74) is -1.06. The van der Waals surface area contributed by atoms with Gasteiger partial charge < -0.3 is 24.6 Å². The molecule has 2 atom stereocenters. The first-order valence-electron chi connectivity index (χ1n) is 12.4. The molecule has 2 N–H and O–H groups in total. The summed E-state index contributed by atoms with van der Waals surface area (Å²) in [4.78, 5) is 40.5. The molecule has 0 bridgehead atoms. The van der Waals surface area contributed by atoms with Gasteiger partial charge in [0.25, 0.3) is 5.91 Å². The van der Waals surface area contributed by atoms with Gasteiger partial charge in [-0.1, -0.05) is 38.2 Å². The second-order valence-electron chi connectivity index (χ2n) is 9.90. The number of aromatic nitrogens is 1. The van der Waals surface area contributed by atoms with Gasteiger partial charge in [0.2, 0.25) is 11.3 Å². The fourth-order valence-corrected chi connectivity index (χ4v) is 5.65. The maximum absolute atomic E-state index is 13.9. The van der Waals surface area contributed by atoms with Crippen LogP contribution in [0.4, 0.5) is 8.78 Å². The summed E-state index contributed by atoms with van der Waals surface area (Å²) in [6.07, 6.45) is 7.41. The van der Waals surface area contributed by atoms with E-state index in [2.05, 4.69) is 5.32 Å². The summed E-state index contributed by atoms with van der Waals surface area (Å²) >= 11 is 0.